The Morgan fingerprint density at radius 1 is 1.50 bits per heavy atom. The lowest BCUT2D eigenvalue weighted by Gasteiger charge is -2.07. The molecular weight excluding hydrogens is 349 g/mol. The normalized spacial score (nSPS) is 11.3. The molecule has 0 unspecified atom stereocenters. The molecule has 18 heavy (non-hydrogen) atoms. The first-order valence-electron chi connectivity index (χ1n) is 4.99. The third-order valence-corrected chi connectivity index (χ3v) is 4.34. The Balaban J connectivity index is 3.26. The number of carbonyl (C=O) groups excluding carboxylic acids is 1. The van der Waals surface area contributed by atoms with Crippen LogP contribution in [0.5, 0.6) is 0 Å². The van der Waals surface area contributed by atoms with Gasteiger partial charge in [-0.3, -0.25) is 4.79 Å². The van der Waals surface area contributed by atoms with E-state index in [-0.39, 0.29) is 14.9 Å². The minimum atomic E-state index is -4.05. The first kappa shape index (κ1) is 15.4. The van der Waals surface area contributed by atoms with Gasteiger partial charge in [0.25, 0.3) is 15.0 Å². The highest BCUT2D eigenvalue weighted by molar-refractivity contribution is 9.10. The van der Waals surface area contributed by atoms with E-state index in [1.807, 2.05) is 6.92 Å². The van der Waals surface area contributed by atoms with Crippen LogP contribution in [0.1, 0.15) is 23.7 Å². The van der Waals surface area contributed by atoms with Crippen molar-refractivity contribution in [3.8, 4) is 0 Å². The van der Waals surface area contributed by atoms with Crippen LogP contribution in [0.25, 0.3) is 0 Å². The summed E-state index contributed by atoms with van der Waals surface area (Å²) in [6.07, 6.45) is 0.685. The van der Waals surface area contributed by atoms with Gasteiger partial charge in [-0.05, 0) is 34.5 Å². The molecule has 0 aliphatic heterocycles. The summed E-state index contributed by atoms with van der Waals surface area (Å²) in [5.41, 5.74) is -0.356. The summed E-state index contributed by atoms with van der Waals surface area (Å²) in [5, 5.41) is 2.46. The highest BCUT2D eigenvalue weighted by atomic mass is 79.9. The summed E-state index contributed by atoms with van der Waals surface area (Å²) in [6.45, 7) is 2.21. The van der Waals surface area contributed by atoms with E-state index in [0.717, 1.165) is 12.1 Å². The quantitative estimate of drug-likeness (QED) is 0.842. The molecule has 1 amide bonds. The standard InChI is InChI=1S/C10H10BrClFNO3S/c1-2-3-14-10(15)6-4-9(18(12,16)17)7(11)5-8(6)13/h4-5H,2-3H2,1H3,(H,14,15). The second-order valence-corrected chi connectivity index (χ2v) is 6.84. The summed E-state index contributed by atoms with van der Waals surface area (Å²) >= 11 is 2.88. The van der Waals surface area contributed by atoms with E-state index in [4.69, 9.17) is 10.7 Å². The number of rotatable bonds is 4. The van der Waals surface area contributed by atoms with Gasteiger partial charge in [-0.1, -0.05) is 6.92 Å². The molecular formula is C10H10BrClFNO3S. The van der Waals surface area contributed by atoms with Gasteiger partial charge in [0.15, 0.2) is 0 Å². The number of nitrogens with one attached hydrogen (secondary N) is 1. The van der Waals surface area contributed by atoms with Crippen LogP contribution in [-0.2, 0) is 9.05 Å². The van der Waals surface area contributed by atoms with Crippen LogP contribution in [0.3, 0.4) is 0 Å². The molecule has 0 bridgehead atoms. The lowest BCUT2D eigenvalue weighted by atomic mass is 10.2. The topological polar surface area (TPSA) is 63.2 Å². The average Bonchev–Trinajstić information content (AvgIpc) is 2.24. The molecule has 8 heteroatoms. The predicted molar refractivity (Wildman–Crippen MR) is 69.8 cm³/mol. The molecule has 0 radical (unpaired) electrons. The fourth-order valence-corrected chi connectivity index (χ4v) is 3.39. The SMILES string of the molecule is CCCNC(=O)c1cc(S(=O)(=O)Cl)c(Br)cc1F. The Hall–Kier alpha value is -0.660. The summed E-state index contributed by atoms with van der Waals surface area (Å²) in [6, 6.07) is 1.81. The first-order chi connectivity index (χ1) is 8.27. The molecule has 0 aliphatic carbocycles. The first-order valence-corrected chi connectivity index (χ1v) is 8.09. The Bertz CT molecular complexity index is 577. The molecule has 0 saturated carbocycles. The Kier molecular flexibility index (Phi) is 5.12. The maximum Gasteiger partial charge on any atom is 0.262 e. The van der Waals surface area contributed by atoms with Gasteiger partial charge in [0.05, 0.1) is 10.5 Å². The zero-order valence-electron chi connectivity index (χ0n) is 9.34. The Morgan fingerprint density at radius 3 is 2.61 bits per heavy atom. The predicted octanol–water partition coefficient (Wildman–Crippen LogP) is 2.66. The number of carbonyl (C=O) groups is 1. The van der Waals surface area contributed by atoms with Crippen LogP contribution in [0, 0.1) is 5.82 Å². The largest absolute Gasteiger partial charge is 0.352 e. The van der Waals surface area contributed by atoms with E-state index in [0.29, 0.717) is 13.0 Å². The van der Waals surface area contributed by atoms with Crippen molar-refractivity contribution in [2.24, 2.45) is 0 Å². The average molecular weight is 359 g/mol. The third kappa shape index (κ3) is 3.66. The maximum absolute atomic E-state index is 13.6. The van der Waals surface area contributed by atoms with Gasteiger partial charge in [0.1, 0.15) is 5.82 Å². The smallest absolute Gasteiger partial charge is 0.262 e. The Morgan fingerprint density at radius 2 is 2.11 bits per heavy atom. The van der Waals surface area contributed by atoms with E-state index < -0.39 is 20.8 Å². The molecule has 0 aromatic heterocycles. The van der Waals surface area contributed by atoms with Crippen LogP contribution in [0.4, 0.5) is 4.39 Å². The second kappa shape index (κ2) is 5.99. The van der Waals surface area contributed by atoms with Crippen molar-refractivity contribution in [1.82, 2.24) is 5.32 Å². The van der Waals surface area contributed by atoms with Crippen LogP contribution in [-0.4, -0.2) is 20.9 Å². The molecule has 1 aromatic rings. The summed E-state index contributed by atoms with van der Waals surface area (Å²) in [4.78, 5) is 11.3. The number of benzene rings is 1. The van der Waals surface area contributed by atoms with E-state index in [9.17, 15) is 17.6 Å². The third-order valence-electron chi connectivity index (χ3n) is 2.06. The molecule has 0 heterocycles. The second-order valence-electron chi connectivity index (χ2n) is 3.46. The minimum absolute atomic E-state index is 0.0259. The summed E-state index contributed by atoms with van der Waals surface area (Å²) < 4.78 is 36.0. The van der Waals surface area contributed by atoms with Crippen molar-refractivity contribution >= 4 is 41.6 Å². The van der Waals surface area contributed by atoms with Gasteiger partial charge < -0.3 is 5.32 Å². The Labute approximate surface area is 117 Å². The van der Waals surface area contributed by atoms with Crippen molar-refractivity contribution in [3.05, 3.63) is 28.0 Å². The maximum atomic E-state index is 13.6. The summed E-state index contributed by atoms with van der Waals surface area (Å²) in [5.74, 6) is -1.50. The van der Waals surface area contributed by atoms with Gasteiger partial charge in [0, 0.05) is 21.7 Å². The lowest BCUT2D eigenvalue weighted by Crippen LogP contribution is -2.25. The van der Waals surface area contributed by atoms with E-state index in [1.54, 1.807) is 0 Å². The molecule has 4 nitrogen and oxygen atoms in total. The van der Waals surface area contributed by atoms with Crippen LogP contribution >= 0.6 is 26.6 Å². The number of halogens is 3. The summed E-state index contributed by atoms with van der Waals surface area (Å²) in [7, 11) is 1.14. The zero-order chi connectivity index (χ0) is 13.9. The molecule has 1 aromatic carbocycles. The lowest BCUT2D eigenvalue weighted by molar-refractivity contribution is 0.0949. The minimum Gasteiger partial charge on any atom is -0.352 e. The molecule has 0 spiro atoms. The monoisotopic (exact) mass is 357 g/mol. The molecule has 0 saturated heterocycles. The highest BCUT2D eigenvalue weighted by Crippen LogP contribution is 2.28. The molecule has 0 atom stereocenters. The number of amides is 1. The van der Waals surface area contributed by atoms with Crippen molar-refractivity contribution in [3.63, 3.8) is 0 Å². The van der Waals surface area contributed by atoms with E-state index in [2.05, 4.69) is 21.2 Å². The molecule has 0 fully saturated rings. The van der Waals surface area contributed by atoms with Crippen molar-refractivity contribution < 1.29 is 17.6 Å². The van der Waals surface area contributed by atoms with Crippen molar-refractivity contribution in [1.29, 1.82) is 0 Å². The van der Waals surface area contributed by atoms with Gasteiger partial charge in [-0.2, -0.15) is 0 Å². The number of hydrogen-bond donors (Lipinski definition) is 1. The van der Waals surface area contributed by atoms with E-state index >= 15 is 0 Å². The fraction of sp³-hybridized carbons (Fsp3) is 0.300. The van der Waals surface area contributed by atoms with Gasteiger partial charge in [0.2, 0.25) is 0 Å². The number of hydrogen-bond acceptors (Lipinski definition) is 3. The van der Waals surface area contributed by atoms with Crippen LogP contribution in [0.15, 0.2) is 21.5 Å². The van der Waals surface area contributed by atoms with Crippen LogP contribution < -0.4 is 5.32 Å². The van der Waals surface area contributed by atoms with Crippen molar-refractivity contribution in [2.45, 2.75) is 18.2 Å². The van der Waals surface area contributed by atoms with Crippen molar-refractivity contribution in [2.75, 3.05) is 6.54 Å². The zero-order valence-corrected chi connectivity index (χ0v) is 12.5. The van der Waals surface area contributed by atoms with Crippen LogP contribution in [0.2, 0.25) is 0 Å². The molecule has 100 valence electrons. The van der Waals surface area contributed by atoms with Gasteiger partial charge in [-0.25, -0.2) is 12.8 Å². The fourth-order valence-electron chi connectivity index (χ4n) is 1.22. The van der Waals surface area contributed by atoms with Gasteiger partial charge >= 0.3 is 0 Å². The molecule has 1 N–H and O–H groups in total. The molecule has 0 aliphatic rings. The highest BCUT2D eigenvalue weighted by Gasteiger charge is 2.21. The van der Waals surface area contributed by atoms with E-state index in [1.165, 1.54) is 0 Å². The van der Waals surface area contributed by atoms with Gasteiger partial charge in [-0.15, -0.1) is 0 Å². The molecule has 1 rings (SSSR count).